The van der Waals surface area contributed by atoms with Gasteiger partial charge in [0.25, 0.3) is 0 Å². The van der Waals surface area contributed by atoms with Gasteiger partial charge in [0.2, 0.25) is 0 Å². The summed E-state index contributed by atoms with van der Waals surface area (Å²) >= 11 is 0. The Labute approximate surface area is 148 Å². The lowest BCUT2D eigenvalue weighted by molar-refractivity contribution is 0.191. The first kappa shape index (κ1) is 17.3. The first-order chi connectivity index (χ1) is 12.1. The van der Waals surface area contributed by atoms with Crippen LogP contribution in [0.3, 0.4) is 0 Å². The Morgan fingerprint density at radius 2 is 2.24 bits per heavy atom. The summed E-state index contributed by atoms with van der Waals surface area (Å²) in [5.41, 5.74) is 2.36. The quantitative estimate of drug-likeness (QED) is 0.909. The van der Waals surface area contributed by atoms with Crippen molar-refractivity contribution in [1.29, 1.82) is 0 Å². The van der Waals surface area contributed by atoms with Crippen LogP contribution in [0.5, 0.6) is 5.75 Å². The molecule has 134 valence electrons. The molecule has 0 radical (unpaired) electrons. The molecule has 6 heteroatoms. The van der Waals surface area contributed by atoms with E-state index in [4.69, 9.17) is 4.74 Å². The first-order valence-corrected chi connectivity index (χ1v) is 8.76. The van der Waals surface area contributed by atoms with Crippen molar-refractivity contribution in [3.63, 3.8) is 0 Å². The summed E-state index contributed by atoms with van der Waals surface area (Å²) in [7, 11) is 1.69. The molecule has 25 heavy (non-hydrogen) atoms. The van der Waals surface area contributed by atoms with Crippen molar-refractivity contribution in [3.05, 3.63) is 47.5 Å². The molecule has 0 saturated heterocycles. The van der Waals surface area contributed by atoms with Crippen LogP contribution in [-0.2, 0) is 26.1 Å². The van der Waals surface area contributed by atoms with E-state index in [-0.39, 0.29) is 6.03 Å². The number of carbonyl (C=O) groups excluding carboxylic acids is 1. The predicted molar refractivity (Wildman–Crippen MR) is 96.4 cm³/mol. The molecule has 0 saturated carbocycles. The van der Waals surface area contributed by atoms with Crippen LogP contribution in [0.1, 0.15) is 30.8 Å². The Kier molecular flexibility index (Phi) is 5.26. The van der Waals surface area contributed by atoms with Crippen molar-refractivity contribution < 1.29 is 9.53 Å². The minimum absolute atomic E-state index is 0.0485. The topological polar surface area (TPSA) is 59.4 Å². The van der Waals surface area contributed by atoms with Gasteiger partial charge in [-0.3, -0.25) is 0 Å². The minimum atomic E-state index is -0.0485. The highest BCUT2D eigenvalue weighted by Gasteiger charge is 2.22. The average molecular weight is 342 g/mol. The third-order valence-electron chi connectivity index (χ3n) is 4.49. The highest BCUT2D eigenvalue weighted by atomic mass is 16.5. The molecule has 0 aliphatic carbocycles. The van der Waals surface area contributed by atoms with Gasteiger partial charge in [0.05, 0.1) is 13.7 Å². The second kappa shape index (κ2) is 7.59. The van der Waals surface area contributed by atoms with E-state index in [1.807, 2.05) is 23.2 Å². The van der Waals surface area contributed by atoms with E-state index in [1.165, 1.54) is 5.56 Å². The largest absolute Gasteiger partial charge is 0.496 e. The molecule has 1 aliphatic heterocycles. The van der Waals surface area contributed by atoms with Gasteiger partial charge in [-0.2, -0.15) is 0 Å². The number of methoxy groups -OCH3 is 1. The number of amides is 2. The molecule has 3 rings (SSSR count). The van der Waals surface area contributed by atoms with Crippen molar-refractivity contribution in [2.24, 2.45) is 5.92 Å². The van der Waals surface area contributed by atoms with Crippen LogP contribution in [0.15, 0.2) is 30.6 Å². The molecule has 0 fully saturated rings. The number of fused-ring (bicyclic) bond motifs is 1. The summed E-state index contributed by atoms with van der Waals surface area (Å²) < 4.78 is 7.52. The van der Waals surface area contributed by atoms with Crippen molar-refractivity contribution in [2.45, 2.75) is 39.9 Å². The monoisotopic (exact) mass is 342 g/mol. The van der Waals surface area contributed by atoms with E-state index in [0.29, 0.717) is 25.6 Å². The van der Waals surface area contributed by atoms with E-state index in [1.54, 1.807) is 13.3 Å². The summed E-state index contributed by atoms with van der Waals surface area (Å²) in [5, 5.41) is 3.00. The maximum Gasteiger partial charge on any atom is 0.318 e. The number of rotatable bonds is 5. The fourth-order valence-electron chi connectivity index (χ4n) is 3.27. The molecule has 2 aromatic rings. The zero-order valence-corrected chi connectivity index (χ0v) is 15.2. The number of nitrogens with one attached hydrogen (secondary N) is 1. The van der Waals surface area contributed by atoms with Gasteiger partial charge in [0.1, 0.15) is 11.6 Å². The van der Waals surface area contributed by atoms with E-state index in [2.05, 4.69) is 34.8 Å². The van der Waals surface area contributed by atoms with Crippen molar-refractivity contribution in [1.82, 2.24) is 19.8 Å². The maximum absolute atomic E-state index is 12.5. The molecule has 0 atom stereocenters. The number of benzene rings is 1. The highest BCUT2D eigenvalue weighted by Crippen LogP contribution is 2.27. The summed E-state index contributed by atoms with van der Waals surface area (Å²) in [4.78, 5) is 18.7. The first-order valence-electron chi connectivity index (χ1n) is 8.76. The molecule has 2 heterocycles. The summed E-state index contributed by atoms with van der Waals surface area (Å²) in [5.74, 6) is 2.34. The lowest BCUT2D eigenvalue weighted by Gasteiger charge is -2.29. The number of carbonyl (C=O) groups is 1. The standard InChI is InChI=1S/C19H26N4O2/c1-14(2)12-22-10-8-20-18(22)11-21-19(24)23-9-7-16-15(13-23)5-4-6-17(16)25-3/h4-6,8,10,14H,7,9,11-13H2,1-3H3,(H,21,24). The molecule has 1 N–H and O–H groups in total. The molecular weight excluding hydrogens is 316 g/mol. The predicted octanol–water partition coefficient (Wildman–Crippen LogP) is 2.82. The average Bonchev–Trinajstić information content (AvgIpc) is 3.04. The van der Waals surface area contributed by atoms with Crippen LogP contribution in [0.2, 0.25) is 0 Å². The van der Waals surface area contributed by atoms with E-state index < -0.39 is 0 Å². The second-order valence-corrected chi connectivity index (χ2v) is 6.82. The summed E-state index contributed by atoms with van der Waals surface area (Å²) in [6, 6.07) is 5.96. The van der Waals surface area contributed by atoms with Crippen LogP contribution in [0, 0.1) is 5.92 Å². The highest BCUT2D eigenvalue weighted by molar-refractivity contribution is 5.74. The fourth-order valence-corrected chi connectivity index (χ4v) is 3.27. The van der Waals surface area contributed by atoms with Crippen LogP contribution in [-0.4, -0.2) is 34.1 Å². The molecule has 0 bridgehead atoms. The Hall–Kier alpha value is -2.50. The van der Waals surface area contributed by atoms with E-state index in [0.717, 1.165) is 30.1 Å². The van der Waals surface area contributed by atoms with Gasteiger partial charge in [-0.15, -0.1) is 0 Å². The summed E-state index contributed by atoms with van der Waals surface area (Å²) in [6.07, 6.45) is 4.56. The lowest BCUT2D eigenvalue weighted by atomic mass is 9.99. The maximum atomic E-state index is 12.5. The fraction of sp³-hybridized carbons (Fsp3) is 0.474. The van der Waals surface area contributed by atoms with Gasteiger partial charge in [0.15, 0.2) is 0 Å². The van der Waals surface area contributed by atoms with Crippen LogP contribution >= 0.6 is 0 Å². The zero-order chi connectivity index (χ0) is 17.8. The van der Waals surface area contributed by atoms with Crippen LogP contribution < -0.4 is 10.1 Å². The van der Waals surface area contributed by atoms with Crippen molar-refractivity contribution in [2.75, 3.05) is 13.7 Å². The Bertz CT molecular complexity index is 739. The number of hydrogen-bond donors (Lipinski definition) is 1. The Balaban J connectivity index is 1.60. The smallest absolute Gasteiger partial charge is 0.318 e. The van der Waals surface area contributed by atoms with E-state index in [9.17, 15) is 4.79 Å². The summed E-state index contributed by atoms with van der Waals surface area (Å²) in [6.45, 7) is 6.99. The number of ether oxygens (including phenoxy) is 1. The molecule has 1 aromatic heterocycles. The van der Waals surface area contributed by atoms with Crippen LogP contribution in [0.25, 0.3) is 0 Å². The Morgan fingerprint density at radius 3 is 3.00 bits per heavy atom. The lowest BCUT2D eigenvalue weighted by Crippen LogP contribution is -2.42. The second-order valence-electron chi connectivity index (χ2n) is 6.82. The number of nitrogens with zero attached hydrogens (tertiary/aromatic N) is 3. The molecule has 1 aliphatic rings. The van der Waals surface area contributed by atoms with Gasteiger partial charge in [0, 0.05) is 37.6 Å². The van der Waals surface area contributed by atoms with Crippen LogP contribution in [0.4, 0.5) is 4.79 Å². The molecular formula is C19H26N4O2. The molecule has 0 unspecified atom stereocenters. The molecule has 0 spiro atoms. The molecule has 2 amide bonds. The van der Waals surface area contributed by atoms with E-state index >= 15 is 0 Å². The van der Waals surface area contributed by atoms with Gasteiger partial charge in [-0.25, -0.2) is 9.78 Å². The normalized spacial score (nSPS) is 13.7. The minimum Gasteiger partial charge on any atom is -0.496 e. The molecule has 6 nitrogen and oxygen atoms in total. The SMILES string of the molecule is COc1cccc2c1CCN(C(=O)NCc1nccn1CC(C)C)C2. The van der Waals surface area contributed by atoms with Crippen molar-refractivity contribution >= 4 is 6.03 Å². The van der Waals surface area contributed by atoms with Gasteiger partial charge in [-0.1, -0.05) is 26.0 Å². The third-order valence-corrected chi connectivity index (χ3v) is 4.49. The number of hydrogen-bond acceptors (Lipinski definition) is 3. The number of imidazole rings is 1. The Morgan fingerprint density at radius 1 is 1.40 bits per heavy atom. The third kappa shape index (κ3) is 3.95. The number of aromatic nitrogens is 2. The molecule has 1 aromatic carbocycles. The van der Waals surface area contributed by atoms with Gasteiger partial charge >= 0.3 is 6.03 Å². The number of urea groups is 1. The van der Waals surface area contributed by atoms with Crippen molar-refractivity contribution in [3.8, 4) is 5.75 Å². The zero-order valence-electron chi connectivity index (χ0n) is 15.2. The van der Waals surface area contributed by atoms with Gasteiger partial charge < -0.3 is 19.5 Å². The van der Waals surface area contributed by atoms with Gasteiger partial charge in [-0.05, 0) is 24.0 Å².